The highest BCUT2D eigenvalue weighted by molar-refractivity contribution is 5.65. The van der Waals surface area contributed by atoms with Crippen molar-refractivity contribution in [3.63, 3.8) is 0 Å². The third-order valence-corrected chi connectivity index (χ3v) is 2.62. The van der Waals surface area contributed by atoms with E-state index in [4.69, 9.17) is 0 Å². The van der Waals surface area contributed by atoms with Gasteiger partial charge in [0.2, 0.25) is 0 Å². The summed E-state index contributed by atoms with van der Waals surface area (Å²) in [4.78, 5) is 0. The molecule has 0 unspecified atom stereocenters. The highest BCUT2D eigenvalue weighted by Gasteiger charge is 2.10. The van der Waals surface area contributed by atoms with Gasteiger partial charge in [-0.1, -0.05) is 18.2 Å². The number of hydrogen-bond acceptors (Lipinski definition) is 6. The standard InChI is InChI=1S/C10H10N8/c1-17-9(11-13-15-17)7-4-3-5-8(6-7)10-12-14-16-18(10)2/h3-6H,1-2H3. The molecule has 0 amide bonds. The van der Waals surface area contributed by atoms with Gasteiger partial charge in [0.05, 0.1) is 0 Å². The predicted octanol–water partition coefficient (Wildman–Crippen LogP) is 0.0676. The molecule has 8 heteroatoms. The molecule has 2 heterocycles. The van der Waals surface area contributed by atoms with E-state index in [1.165, 1.54) is 0 Å². The van der Waals surface area contributed by atoms with Gasteiger partial charge in [0, 0.05) is 25.2 Å². The van der Waals surface area contributed by atoms with Crippen molar-refractivity contribution in [2.45, 2.75) is 0 Å². The van der Waals surface area contributed by atoms with Crippen molar-refractivity contribution in [3.8, 4) is 22.8 Å². The molecular formula is C10H10N8. The van der Waals surface area contributed by atoms with Crippen LogP contribution in [-0.2, 0) is 14.1 Å². The van der Waals surface area contributed by atoms with E-state index >= 15 is 0 Å². The van der Waals surface area contributed by atoms with Crippen LogP contribution in [0.1, 0.15) is 0 Å². The number of rotatable bonds is 2. The SMILES string of the molecule is Cn1nnnc1-c1cccc(-c2nnnn2C)c1. The summed E-state index contributed by atoms with van der Waals surface area (Å²) in [6, 6.07) is 7.77. The summed E-state index contributed by atoms with van der Waals surface area (Å²) < 4.78 is 3.24. The number of benzene rings is 1. The molecule has 0 aliphatic carbocycles. The van der Waals surface area contributed by atoms with Crippen molar-refractivity contribution in [1.29, 1.82) is 0 Å². The second-order valence-electron chi connectivity index (χ2n) is 3.83. The first-order valence-corrected chi connectivity index (χ1v) is 5.31. The van der Waals surface area contributed by atoms with Crippen molar-refractivity contribution >= 4 is 0 Å². The second kappa shape index (κ2) is 3.99. The van der Waals surface area contributed by atoms with Crippen molar-refractivity contribution in [3.05, 3.63) is 24.3 Å². The monoisotopic (exact) mass is 242 g/mol. The number of nitrogens with zero attached hydrogens (tertiary/aromatic N) is 8. The van der Waals surface area contributed by atoms with E-state index < -0.39 is 0 Å². The maximum Gasteiger partial charge on any atom is 0.181 e. The Morgan fingerprint density at radius 1 is 0.833 bits per heavy atom. The zero-order valence-electron chi connectivity index (χ0n) is 9.89. The van der Waals surface area contributed by atoms with Crippen LogP contribution in [0.5, 0.6) is 0 Å². The Morgan fingerprint density at radius 2 is 1.33 bits per heavy atom. The molecule has 1 aromatic carbocycles. The molecule has 90 valence electrons. The fraction of sp³-hybridized carbons (Fsp3) is 0.200. The summed E-state index contributed by atoms with van der Waals surface area (Å²) in [6.07, 6.45) is 0. The minimum atomic E-state index is 0.701. The Hall–Kier alpha value is -2.64. The summed E-state index contributed by atoms with van der Waals surface area (Å²) in [7, 11) is 3.60. The van der Waals surface area contributed by atoms with E-state index in [1.807, 2.05) is 24.3 Å². The number of aryl methyl sites for hydroxylation is 2. The van der Waals surface area contributed by atoms with E-state index in [9.17, 15) is 0 Å². The van der Waals surface area contributed by atoms with Crippen LogP contribution >= 0.6 is 0 Å². The van der Waals surface area contributed by atoms with E-state index in [-0.39, 0.29) is 0 Å². The lowest BCUT2D eigenvalue weighted by molar-refractivity contribution is 0.714. The molecule has 0 bridgehead atoms. The van der Waals surface area contributed by atoms with Gasteiger partial charge in [-0.25, -0.2) is 9.36 Å². The lowest BCUT2D eigenvalue weighted by Crippen LogP contribution is -1.97. The lowest BCUT2D eigenvalue weighted by atomic mass is 10.1. The predicted molar refractivity (Wildman–Crippen MR) is 62.0 cm³/mol. The number of hydrogen-bond donors (Lipinski definition) is 0. The van der Waals surface area contributed by atoms with Gasteiger partial charge >= 0.3 is 0 Å². The summed E-state index contributed by atoms with van der Waals surface area (Å²) in [5.74, 6) is 1.40. The molecule has 0 saturated heterocycles. The summed E-state index contributed by atoms with van der Waals surface area (Å²) in [5.41, 5.74) is 1.84. The molecule has 0 saturated carbocycles. The molecule has 0 aliphatic heterocycles. The molecule has 0 radical (unpaired) electrons. The summed E-state index contributed by atoms with van der Waals surface area (Å²) >= 11 is 0. The average Bonchev–Trinajstić information content (AvgIpc) is 2.98. The van der Waals surface area contributed by atoms with Crippen LogP contribution in [0.2, 0.25) is 0 Å². The Labute approximate surface area is 102 Å². The normalized spacial score (nSPS) is 10.8. The number of aromatic nitrogens is 8. The van der Waals surface area contributed by atoms with E-state index in [2.05, 4.69) is 31.1 Å². The maximum absolute atomic E-state index is 3.97. The Balaban J connectivity index is 2.11. The van der Waals surface area contributed by atoms with Crippen molar-refractivity contribution in [2.75, 3.05) is 0 Å². The molecule has 8 nitrogen and oxygen atoms in total. The first-order chi connectivity index (χ1) is 8.75. The minimum Gasteiger partial charge on any atom is -0.229 e. The third kappa shape index (κ3) is 1.63. The molecule has 0 N–H and O–H groups in total. The largest absolute Gasteiger partial charge is 0.229 e. The molecule has 3 rings (SSSR count). The zero-order chi connectivity index (χ0) is 12.5. The van der Waals surface area contributed by atoms with E-state index in [0.29, 0.717) is 11.6 Å². The first-order valence-electron chi connectivity index (χ1n) is 5.31. The smallest absolute Gasteiger partial charge is 0.181 e. The zero-order valence-corrected chi connectivity index (χ0v) is 9.89. The van der Waals surface area contributed by atoms with Crippen LogP contribution in [-0.4, -0.2) is 40.4 Å². The first kappa shape index (κ1) is 10.5. The molecule has 0 fully saturated rings. The van der Waals surface area contributed by atoms with Gasteiger partial charge in [-0.3, -0.25) is 0 Å². The Kier molecular flexibility index (Phi) is 2.33. The molecule has 0 aliphatic rings. The Morgan fingerprint density at radius 3 is 1.72 bits per heavy atom. The van der Waals surface area contributed by atoms with Gasteiger partial charge in [0.15, 0.2) is 11.6 Å². The van der Waals surface area contributed by atoms with Crippen molar-refractivity contribution < 1.29 is 0 Å². The third-order valence-electron chi connectivity index (χ3n) is 2.62. The van der Waals surface area contributed by atoms with Gasteiger partial charge < -0.3 is 0 Å². The van der Waals surface area contributed by atoms with Crippen LogP contribution in [0.4, 0.5) is 0 Å². The molecule has 18 heavy (non-hydrogen) atoms. The van der Waals surface area contributed by atoms with Gasteiger partial charge in [0.1, 0.15) is 0 Å². The molecule has 0 spiro atoms. The van der Waals surface area contributed by atoms with Gasteiger partial charge in [-0.05, 0) is 26.9 Å². The van der Waals surface area contributed by atoms with Crippen LogP contribution in [0.3, 0.4) is 0 Å². The van der Waals surface area contributed by atoms with Crippen LogP contribution in [0.25, 0.3) is 22.8 Å². The fourth-order valence-electron chi connectivity index (χ4n) is 1.75. The average molecular weight is 242 g/mol. The molecule has 0 atom stereocenters. The fourth-order valence-corrected chi connectivity index (χ4v) is 1.75. The molecule has 3 aromatic rings. The summed E-state index contributed by atoms with van der Waals surface area (Å²) in [5, 5.41) is 22.8. The quantitative estimate of drug-likeness (QED) is 0.631. The van der Waals surface area contributed by atoms with Crippen molar-refractivity contribution in [1.82, 2.24) is 40.4 Å². The second-order valence-corrected chi connectivity index (χ2v) is 3.83. The van der Waals surface area contributed by atoms with E-state index in [1.54, 1.807) is 23.5 Å². The Bertz CT molecular complexity index is 627. The summed E-state index contributed by atoms with van der Waals surface area (Å²) in [6.45, 7) is 0. The van der Waals surface area contributed by atoms with Crippen LogP contribution < -0.4 is 0 Å². The van der Waals surface area contributed by atoms with Gasteiger partial charge in [0.25, 0.3) is 0 Å². The van der Waals surface area contributed by atoms with E-state index in [0.717, 1.165) is 11.1 Å². The molecule has 2 aromatic heterocycles. The highest BCUT2D eigenvalue weighted by atomic mass is 15.5. The lowest BCUT2D eigenvalue weighted by Gasteiger charge is -2.02. The van der Waals surface area contributed by atoms with Crippen LogP contribution in [0.15, 0.2) is 24.3 Å². The van der Waals surface area contributed by atoms with Crippen molar-refractivity contribution in [2.24, 2.45) is 14.1 Å². The topological polar surface area (TPSA) is 87.2 Å². The van der Waals surface area contributed by atoms with Gasteiger partial charge in [-0.15, -0.1) is 10.2 Å². The highest BCUT2D eigenvalue weighted by Crippen LogP contribution is 2.22. The maximum atomic E-state index is 3.97. The number of tetrazole rings is 2. The van der Waals surface area contributed by atoms with Crippen LogP contribution in [0, 0.1) is 0 Å². The van der Waals surface area contributed by atoms with Gasteiger partial charge in [-0.2, -0.15) is 0 Å². The molecular weight excluding hydrogens is 232 g/mol. The minimum absolute atomic E-state index is 0.701.